The van der Waals surface area contributed by atoms with E-state index in [4.69, 9.17) is 9.47 Å². The topological polar surface area (TPSA) is 18.5 Å². The van der Waals surface area contributed by atoms with E-state index in [0.29, 0.717) is 6.61 Å². The quantitative estimate of drug-likeness (QED) is 0.433. The van der Waals surface area contributed by atoms with Crippen LogP contribution in [0, 0.1) is 0 Å². The molecule has 1 atom stereocenters. The molecule has 0 radical (unpaired) electrons. The van der Waals surface area contributed by atoms with Crippen LogP contribution in [-0.4, -0.2) is 26.4 Å². The lowest BCUT2D eigenvalue weighted by molar-refractivity contribution is 0.134. The second kappa shape index (κ2) is 8.75. The summed E-state index contributed by atoms with van der Waals surface area (Å²) in [5, 5.41) is 0. The largest absolute Gasteiger partial charge is 0.377 e. The molecule has 0 aromatic carbocycles. The number of methoxy groups -OCH3 is 1. The van der Waals surface area contributed by atoms with E-state index in [0.717, 1.165) is 19.4 Å². The van der Waals surface area contributed by atoms with Crippen molar-refractivity contribution in [2.45, 2.75) is 32.8 Å². The average molecular weight is 172 g/mol. The van der Waals surface area contributed by atoms with E-state index in [1.54, 1.807) is 7.11 Å². The molecule has 72 valence electrons. The summed E-state index contributed by atoms with van der Waals surface area (Å²) in [7, 11) is 1.73. The summed E-state index contributed by atoms with van der Waals surface area (Å²) in [6, 6.07) is 0. The molecule has 0 saturated heterocycles. The van der Waals surface area contributed by atoms with E-state index < -0.39 is 0 Å². The first-order valence-corrected chi connectivity index (χ1v) is 4.62. The van der Waals surface area contributed by atoms with Crippen molar-refractivity contribution >= 4 is 0 Å². The molecule has 0 fully saturated rings. The molecule has 0 aliphatic rings. The molecule has 2 heteroatoms. The highest BCUT2D eigenvalue weighted by molar-refractivity contribution is 4.88. The third kappa shape index (κ3) is 6.38. The molecular weight excluding hydrogens is 152 g/mol. The molecule has 0 bridgehead atoms. The SMILES string of the molecule is CCCOCC=CC(CC)OC. The van der Waals surface area contributed by atoms with Gasteiger partial charge in [-0.25, -0.2) is 0 Å². The summed E-state index contributed by atoms with van der Waals surface area (Å²) in [6.45, 7) is 5.75. The van der Waals surface area contributed by atoms with E-state index in [-0.39, 0.29) is 6.10 Å². The summed E-state index contributed by atoms with van der Waals surface area (Å²) in [5.41, 5.74) is 0. The van der Waals surface area contributed by atoms with Gasteiger partial charge in [0.2, 0.25) is 0 Å². The van der Waals surface area contributed by atoms with E-state index in [1.165, 1.54) is 0 Å². The van der Waals surface area contributed by atoms with Crippen LogP contribution in [0.15, 0.2) is 12.2 Å². The molecule has 0 amide bonds. The fourth-order valence-electron chi connectivity index (χ4n) is 0.884. The average Bonchev–Trinajstić information content (AvgIpc) is 2.11. The zero-order valence-electron chi connectivity index (χ0n) is 8.38. The third-order valence-electron chi connectivity index (χ3n) is 1.62. The van der Waals surface area contributed by atoms with Crippen LogP contribution >= 0.6 is 0 Å². The van der Waals surface area contributed by atoms with Crippen molar-refractivity contribution in [3.8, 4) is 0 Å². The maximum atomic E-state index is 5.28. The number of rotatable bonds is 7. The van der Waals surface area contributed by atoms with Crippen molar-refractivity contribution in [2.75, 3.05) is 20.3 Å². The molecule has 0 aromatic rings. The summed E-state index contributed by atoms with van der Waals surface area (Å²) in [6.07, 6.45) is 6.41. The van der Waals surface area contributed by atoms with Gasteiger partial charge >= 0.3 is 0 Å². The monoisotopic (exact) mass is 172 g/mol. The highest BCUT2D eigenvalue weighted by Gasteiger charge is 1.95. The summed E-state index contributed by atoms with van der Waals surface area (Å²) in [5.74, 6) is 0. The van der Waals surface area contributed by atoms with Crippen LogP contribution in [0.5, 0.6) is 0 Å². The number of hydrogen-bond donors (Lipinski definition) is 0. The van der Waals surface area contributed by atoms with Crippen LogP contribution in [0.25, 0.3) is 0 Å². The Labute approximate surface area is 75.6 Å². The Kier molecular flexibility index (Phi) is 8.51. The fraction of sp³-hybridized carbons (Fsp3) is 0.800. The van der Waals surface area contributed by atoms with Crippen LogP contribution in [-0.2, 0) is 9.47 Å². The summed E-state index contributed by atoms with van der Waals surface area (Å²) >= 11 is 0. The molecular formula is C10H20O2. The minimum Gasteiger partial charge on any atom is -0.377 e. The first kappa shape index (κ1) is 11.7. The number of hydrogen-bond acceptors (Lipinski definition) is 2. The van der Waals surface area contributed by atoms with Crippen molar-refractivity contribution in [1.82, 2.24) is 0 Å². The van der Waals surface area contributed by atoms with Gasteiger partial charge < -0.3 is 9.47 Å². The lowest BCUT2D eigenvalue weighted by Crippen LogP contribution is -2.04. The zero-order chi connectivity index (χ0) is 9.23. The Balaban J connectivity index is 3.32. The second-order valence-corrected chi connectivity index (χ2v) is 2.69. The predicted molar refractivity (Wildman–Crippen MR) is 51.3 cm³/mol. The van der Waals surface area contributed by atoms with E-state index in [2.05, 4.69) is 19.9 Å². The van der Waals surface area contributed by atoms with Crippen molar-refractivity contribution < 1.29 is 9.47 Å². The van der Waals surface area contributed by atoms with Crippen LogP contribution < -0.4 is 0 Å². The van der Waals surface area contributed by atoms with Crippen LogP contribution in [0.1, 0.15) is 26.7 Å². The minimum absolute atomic E-state index is 0.246. The highest BCUT2D eigenvalue weighted by atomic mass is 16.5. The smallest absolute Gasteiger partial charge is 0.0750 e. The van der Waals surface area contributed by atoms with Crippen molar-refractivity contribution in [2.24, 2.45) is 0 Å². The van der Waals surface area contributed by atoms with Gasteiger partial charge in [0.25, 0.3) is 0 Å². The van der Waals surface area contributed by atoms with Crippen molar-refractivity contribution in [3.63, 3.8) is 0 Å². The van der Waals surface area contributed by atoms with Crippen LogP contribution in [0.3, 0.4) is 0 Å². The lowest BCUT2D eigenvalue weighted by Gasteiger charge is -2.06. The van der Waals surface area contributed by atoms with E-state index in [9.17, 15) is 0 Å². The molecule has 0 aliphatic heterocycles. The maximum Gasteiger partial charge on any atom is 0.0750 e. The molecule has 2 nitrogen and oxygen atoms in total. The predicted octanol–water partition coefficient (Wildman–Crippen LogP) is 2.39. The van der Waals surface area contributed by atoms with Crippen molar-refractivity contribution in [1.29, 1.82) is 0 Å². The molecule has 0 N–H and O–H groups in total. The van der Waals surface area contributed by atoms with E-state index >= 15 is 0 Å². The van der Waals surface area contributed by atoms with Gasteiger partial charge in [0.1, 0.15) is 0 Å². The van der Waals surface area contributed by atoms with E-state index in [1.807, 2.05) is 6.08 Å². The summed E-state index contributed by atoms with van der Waals surface area (Å²) in [4.78, 5) is 0. The molecule has 0 rings (SSSR count). The van der Waals surface area contributed by atoms with Gasteiger partial charge in [-0.2, -0.15) is 0 Å². The van der Waals surface area contributed by atoms with Gasteiger partial charge in [-0.15, -0.1) is 0 Å². The molecule has 0 spiro atoms. The van der Waals surface area contributed by atoms with Gasteiger partial charge in [-0.3, -0.25) is 0 Å². The summed E-state index contributed by atoms with van der Waals surface area (Å²) < 4.78 is 10.4. The second-order valence-electron chi connectivity index (χ2n) is 2.69. The molecule has 0 heterocycles. The van der Waals surface area contributed by atoms with Gasteiger partial charge in [-0.1, -0.05) is 26.0 Å². The van der Waals surface area contributed by atoms with Crippen LogP contribution in [0.4, 0.5) is 0 Å². The van der Waals surface area contributed by atoms with Gasteiger partial charge in [-0.05, 0) is 12.8 Å². The minimum atomic E-state index is 0.246. The molecule has 0 aromatic heterocycles. The Bertz CT molecular complexity index is 106. The Morgan fingerprint density at radius 2 is 2.08 bits per heavy atom. The molecule has 0 saturated carbocycles. The van der Waals surface area contributed by atoms with Crippen molar-refractivity contribution in [3.05, 3.63) is 12.2 Å². The maximum absolute atomic E-state index is 5.28. The van der Waals surface area contributed by atoms with Gasteiger partial charge in [0.15, 0.2) is 0 Å². The number of ether oxygens (including phenoxy) is 2. The fourth-order valence-corrected chi connectivity index (χ4v) is 0.884. The molecule has 0 aliphatic carbocycles. The normalized spacial score (nSPS) is 13.9. The third-order valence-corrected chi connectivity index (χ3v) is 1.62. The standard InChI is InChI=1S/C10H20O2/c1-4-8-12-9-6-7-10(5-2)11-3/h6-7,10H,4-5,8-9H2,1-3H3. The Morgan fingerprint density at radius 1 is 1.33 bits per heavy atom. The Morgan fingerprint density at radius 3 is 2.58 bits per heavy atom. The lowest BCUT2D eigenvalue weighted by atomic mass is 10.2. The molecule has 12 heavy (non-hydrogen) atoms. The van der Waals surface area contributed by atoms with Gasteiger partial charge in [0, 0.05) is 13.7 Å². The zero-order valence-corrected chi connectivity index (χ0v) is 8.38. The first-order chi connectivity index (χ1) is 5.85. The first-order valence-electron chi connectivity index (χ1n) is 4.62. The highest BCUT2D eigenvalue weighted by Crippen LogP contribution is 1.97. The van der Waals surface area contributed by atoms with Crippen LogP contribution in [0.2, 0.25) is 0 Å². The van der Waals surface area contributed by atoms with Gasteiger partial charge in [0.05, 0.1) is 12.7 Å². The molecule has 1 unspecified atom stereocenters. The Hall–Kier alpha value is -0.340.